The highest BCUT2D eigenvalue weighted by molar-refractivity contribution is 7.47. The fraction of sp³-hybridized carbons (Fsp3) is 0.692. The highest BCUT2D eigenvalue weighted by Gasteiger charge is 2.27. The summed E-state index contributed by atoms with van der Waals surface area (Å²) >= 11 is 0. The Bertz CT molecular complexity index is 1330. The van der Waals surface area contributed by atoms with Crippen LogP contribution in [0, 0.1) is 0 Å². The van der Waals surface area contributed by atoms with Crippen LogP contribution in [0.25, 0.3) is 0 Å². The number of likely N-dealkylation sites (N-methyl/N-ethyl adjacent to an activating group) is 1. The third-order valence-corrected chi connectivity index (χ3v) is 10.9. The van der Waals surface area contributed by atoms with Gasteiger partial charge in [-0.15, -0.1) is 0 Å². The summed E-state index contributed by atoms with van der Waals surface area (Å²) in [6.07, 6.45) is 56.5. The van der Waals surface area contributed by atoms with Gasteiger partial charge in [0.1, 0.15) is 19.8 Å². The number of hydrogen-bond acceptors (Lipinski definition) is 7. The van der Waals surface area contributed by atoms with E-state index in [-0.39, 0.29) is 26.1 Å². The third kappa shape index (κ3) is 46.7. The largest absolute Gasteiger partial charge is 0.472 e. The number of ether oxygens (including phenoxy) is 2. The lowest BCUT2D eigenvalue weighted by molar-refractivity contribution is -0.870. The summed E-state index contributed by atoms with van der Waals surface area (Å²) in [7, 11) is 1.43. The molecule has 0 amide bonds. The van der Waals surface area contributed by atoms with Crippen molar-refractivity contribution in [3.63, 3.8) is 0 Å². The Kier molecular flexibility index (Phi) is 41.5. The molecule has 2 atom stereocenters. The van der Waals surface area contributed by atoms with Gasteiger partial charge in [0.2, 0.25) is 0 Å². The molecule has 0 saturated heterocycles. The van der Waals surface area contributed by atoms with Crippen molar-refractivity contribution in [2.75, 3.05) is 47.5 Å². The van der Waals surface area contributed by atoms with E-state index in [2.05, 4.69) is 86.8 Å². The summed E-state index contributed by atoms with van der Waals surface area (Å²) in [5, 5.41) is 0. The number of allylic oxidation sites excluding steroid dienone is 14. The monoisotopic (exact) mass is 889 g/mol. The highest BCUT2D eigenvalue weighted by atomic mass is 31.2. The zero-order chi connectivity index (χ0) is 45.7. The van der Waals surface area contributed by atoms with Crippen LogP contribution in [-0.4, -0.2) is 74.9 Å². The maximum absolute atomic E-state index is 12.7. The second kappa shape index (κ2) is 43.4. The SMILES string of the molecule is CC/C=C\C/C=C\C/C=C\C/C=C\C/C=C\C/C=C\CCC(=O)OC[C@H](COP(=O)(O)OCC[N+](C)(C)C)OC(=O)CCCCCCCCCCC/C=C\CCCCCCCC. The molecule has 0 aromatic heterocycles. The number of esters is 2. The minimum Gasteiger partial charge on any atom is -0.462 e. The molecule has 1 unspecified atom stereocenters. The van der Waals surface area contributed by atoms with Crippen LogP contribution in [-0.2, 0) is 32.7 Å². The second-order valence-corrected chi connectivity index (χ2v) is 18.6. The average molecular weight is 889 g/mol. The molecular weight excluding hydrogens is 798 g/mol. The lowest BCUT2D eigenvalue weighted by atomic mass is 10.1. The van der Waals surface area contributed by atoms with E-state index < -0.39 is 32.5 Å². The number of carbonyl (C=O) groups is 2. The van der Waals surface area contributed by atoms with E-state index >= 15 is 0 Å². The normalized spacial score (nSPS) is 14.2. The molecule has 0 radical (unpaired) electrons. The van der Waals surface area contributed by atoms with Crippen LogP contribution in [0.2, 0.25) is 0 Å². The lowest BCUT2D eigenvalue weighted by Crippen LogP contribution is -2.37. The molecule has 9 nitrogen and oxygen atoms in total. The van der Waals surface area contributed by atoms with Gasteiger partial charge in [-0.2, -0.15) is 0 Å². The zero-order valence-corrected chi connectivity index (χ0v) is 41.0. The molecule has 0 aromatic carbocycles. The van der Waals surface area contributed by atoms with Gasteiger partial charge in [0, 0.05) is 12.8 Å². The maximum Gasteiger partial charge on any atom is 0.472 e. The summed E-state index contributed by atoms with van der Waals surface area (Å²) in [5.41, 5.74) is 0. The number of unbranched alkanes of at least 4 members (excludes halogenated alkanes) is 15. The topological polar surface area (TPSA) is 108 Å². The molecule has 0 saturated carbocycles. The molecule has 0 bridgehead atoms. The van der Waals surface area contributed by atoms with Crippen molar-refractivity contribution >= 4 is 19.8 Å². The van der Waals surface area contributed by atoms with Crippen molar-refractivity contribution in [1.82, 2.24) is 0 Å². The smallest absolute Gasteiger partial charge is 0.462 e. The molecule has 0 aliphatic rings. The molecule has 0 aliphatic carbocycles. The van der Waals surface area contributed by atoms with E-state index in [0.29, 0.717) is 23.9 Å². The van der Waals surface area contributed by atoms with E-state index in [4.69, 9.17) is 18.5 Å². The van der Waals surface area contributed by atoms with Crippen LogP contribution >= 0.6 is 7.82 Å². The Balaban J connectivity index is 4.42. The second-order valence-electron chi connectivity index (χ2n) is 17.1. The van der Waals surface area contributed by atoms with Crippen molar-refractivity contribution in [3.05, 3.63) is 85.1 Å². The predicted octanol–water partition coefficient (Wildman–Crippen LogP) is 14.4. The van der Waals surface area contributed by atoms with Crippen molar-refractivity contribution in [1.29, 1.82) is 0 Å². The van der Waals surface area contributed by atoms with Gasteiger partial charge in [-0.3, -0.25) is 18.6 Å². The minimum absolute atomic E-state index is 0.0162. The first-order chi connectivity index (χ1) is 30.0. The molecule has 10 heteroatoms. The first kappa shape index (κ1) is 59.2. The minimum atomic E-state index is -4.40. The van der Waals surface area contributed by atoms with E-state index in [1.165, 1.54) is 83.5 Å². The number of hydrogen-bond donors (Lipinski definition) is 1. The van der Waals surface area contributed by atoms with Crippen LogP contribution in [0.15, 0.2) is 85.1 Å². The first-order valence-electron chi connectivity index (χ1n) is 24.3. The Labute approximate surface area is 380 Å². The van der Waals surface area contributed by atoms with Gasteiger partial charge in [-0.25, -0.2) is 4.57 Å². The summed E-state index contributed by atoms with van der Waals surface area (Å²) in [5.74, 6) is -0.903. The molecular formula is C52H91NO8P+. The lowest BCUT2D eigenvalue weighted by Gasteiger charge is -2.24. The Morgan fingerprint density at radius 2 is 0.952 bits per heavy atom. The van der Waals surface area contributed by atoms with Gasteiger partial charge in [-0.1, -0.05) is 176 Å². The first-order valence-corrected chi connectivity index (χ1v) is 25.8. The average Bonchev–Trinajstić information content (AvgIpc) is 3.23. The van der Waals surface area contributed by atoms with Gasteiger partial charge >= 0.3 is 19.8 Å². The van der Waals surface area contributed by atoms with Gasteiger partial charge < -0.3 is 18.9 Å². The van der Waals surface area contributed by atoms with Gasteiger partial charge in [0.15, 0.2) is 6.10 Å². The maximum atomic E-state index is 12.7. The van der Waals surface area contributed by atoms with Crippen LogP contribution < -0.4 is 0 Å². The van der Waals surface area contributed by atoms with Crippen molar-refractivity contribution in [2.45, 2.75) is 187 Å². The van der Waals surface area contributed by atoms with E-state index in [0.717, 1.165) is 57.8 Å². The van der Waals surface area contributed by atoms with Crippen molar-refractivity contribution in [3.8, 4) is 0 Å². The molecule has 0 aliphatic heterocycles. The molecule has 0 heterocycles. The summed E-state index contributed by atoms with van der Waals surface area (Å²) in [6.45, 7) is 4.21. The molecule has 356 valence electrons. The number of carbonyl (C=O) groups excluding carboxylic acids is 2. The molecule has 0 aromatic rings. The fourth-order valence-electron chi connectivity index (χ4n) is 6.15. The zero-order valence-electron chi connectivity index (χ0n) is 40.1. The quantitative estimate of drug-likeness (QED) is 0.0212. The summed E-state index contributed by atoms with van der Waals surface area (Å²) in [6, 6.07) is 0. The number of phosphoric ester groups is 1. The summed E-state index contributed by atoms with van der Waals surface area (Å²) in [4.78, 5) is 35.5. The molecule has 0 fully saturated rings. The van der Waals surface area contributed by atoms with Crippen molar-refractivity contribution in [2.24, 2.45) is 0 Å². The Morgan fingerprint density at radius 1 is 0.516 bits per heavy atom. The number of phosphoric acid groups is 1. The third-order valence-electron chi connectivity index (χ3n) is 9.92. The van der Waals surface area contributed by atoms with Gasteiger partial charge in [0.05, 0.1) is 27.7 Å². The Morgan fingerprint density at radius 3 is 1.44 bits per heavy atom. The summed E-state index contributed by atoms with van der Waals surface area (Å²) < 4.78 is 34.3. The number of rotatable bonds is 43. The standard InChI is InChI=1S/C52H90NO8P/c1-6-8-10-12-14-16-18-20-22-24-26-28-30-32-34-36-38-40-42-44-51(54)58-48-50(49-60-62(56,57)59-47-46-53(3,4)5)61-52(55)45-43-41-39-37-35-33-31-29-27-25-23-21-19-17-15-13-11-9-7-2/h8,10,14,16,20-23,26,28,32,34,38,40,50H,6-7,9,11-13,15,17-19,24-25,27,29-31,33,35-37,39,41-49H2,1-5H3/p+1/b10-8-,16-14-,22-20-,23-21-,28-26-,34-32-,40-38-/t50-/m1/s1. The molecule has 0 rings (SSSR count). The van der Waals surface area contributed by atoms with Crippen LogP contribution in [0.1, 0.15) is 181 Å². The van der Waals surface area contributed by atoms with Gasteiger partial charge in [-0.05, 0) is 77.0 Å². The van der Waals surface area contributed by atoms with E-state index in [1.807, 2.05) is 33.3 Å². The Hall–Kier alpha value is -2.81. The van der Waals surface area contributed by atoms with Crippen molar-refractivity contribution < 1.29 is 42.1 Å². The van der Waals surface area contributed by atoms with E-state index in [1.54, 1.807) is 0 Å². The fourth-order valence-corrected chi connectivity index (χ4v) is 6.89. The van der Waals surface area contributed by atoms with Gasteiger partial charge in [0.25, 0.3) is 0 Å². The predicted molar refractivity (Wildman–Crippen MR) is 261 cm³/mol. The molecule has 0 spiro atoms. The molecule has 1 N–H and O–H groups in total. The molecule has 62 heavy (non-hydrogen) atoms. The number of nitrogens with zero attached hydrogens (tertiary/aromatic N) is 1. The van der Waals surface area contributed by atoms with Crippen LogP contribution in [0.3, 0.4) is 0 Å². The van der Waals surface area contributed by atoms with Crippen LogP contribution in [0.5, 0.6) is 0 Å². The highest BCUT2D eigenvalue weighted by Crippen LogP contribution is 2.43. The number of quaternary nitrogens is 1. The van der Waals surface area contributed by atoms with E-state index in [9.17, 15) is 19.0 Å². The van der Waals surface area contributed by atoms with Crippen LogP contribution in [0.4, 0.5) is 0 Å².